The topological polar surface area (TPSA) is 44.1 Å². The summed E-state index contributed by atoms with van der Waals surface area (Å²) in [7, 11) is 0. The Morgan fingerprint density at radius 1 is 1.24 bits per heavy atom. The molecule has 2 aromatic rings. The highest BCUT2D eigenvalue weighted by molar-refractivity contribution is 5.94. The molecule has 4 rings (SSSR count). The molecule has 2 aliphatic rings. The molecule has 0 N–H and O–H groups in total. The van der Waals surface area contributed by atoms with Crippen molar-refractivity contribution in [3.8, 4) is 11.4 Å². The van der Waals surface area contributed by atoms with Crippen molar-refractivity contribution in [1.82, 2.24) is 9.78 Å². The van der Waals surface area contributed by atoms with Crippen LogP contribution in [0.25, 0.3) is 5.69 Å². The fourth-order valence-electron chi connectivity index (χ4n) is 3.77. The Morgan fingerprint density at radius 2 is 2.00 bits per heavy atom. The first kappa shape index (κ1) is 16.4. The molecule has 0 aliphatic heterocycles. The average molecular weight is 338 g/mol. The lowest BCUT2D eigenvalue weighted by molar-refractivity contribution is 0.100. The van der Waals surface area contributed by atoms with Gasteiger partial charge in [-0.2, -0.15) is 5.10 Å². The number of ether oxygens (including phenoxy) is 1. The van der Waals surface area contributed by atoms with E-state index in [1.54, 1.807) is 6.92 Å². The monoisotopic (exact) mass is 338 g/mol. The summed E-state index contributed by atoms with van der Waals surface area (Å²) in [5, 5.41) is 4.58. The van der Waals surface area contributed by atoms with E-state index >= 15 is 0 Å². The standard InChI is InChI=1S/C21H26N2O2/c1-14-7-10-19(18(11-14)17-5-3-4-6-17)23-12-20(21(22-23)15(2)24)25-13-16-8-9-16/h7,10-12,16-17H,3-6,8-9,13H2,1-2H3. The van der Waals surface area contributed by atoms with Crippen LogP contribution in [-0.4, -0.2) is 22.2 Å². The molecule has 2 fully saturated rings. The Kier molecular flexibility index (Phi) is 4.36. The maximum Gasteiger partial charge on any atom is 0.183 e. The molecule has 0 atom stereocenters. The normalized spacial score (nSPS) is 17.8. The van der Waals surface area contributed by atoms with Crippen LogP contribution in [0.5, 0.6) is 5.75 Å². The Morgan fingerprint density at radius 3 is 2.68 bits per heavy atom. The first-order valence-corrected chi connectivity index (χ1v) is 9.46. The van der Waals surface area contributed by atoms with Gasteiger partial charge in [-0.3, -0.25) is 4.79 Å². The van der Waals surface area contributed by atoms with E-state index in [0.29, 0.717) is 29.9 Å². The first-order valence-electron chi connectivity index (χ1n) is 9.46. The number of nitrogens with zero attached hydrogens (tertiary/aromatic N) is 2. The third kappa shape index (κ3) is 3.48. The van der Waals surface area contributed by atoms with Crippen LogP contribution in [0.15, 0.2) is 24.4 Å². The molecular weight excluding hydrogens is 312 g/mol. The number of hydrogen-bond donors (Lipinski definition) is 0. The number of carbonyl (C=O) groups excluding carboxylic acids is 1. The van der Waals surface area contributed by atoms with Gasteiger partial charge in [-0.15, -0.1) is 0 Å². The Labute approximate surface area is 149 Å². The Hall–Kier alpha value is -2.10. The van der Waals surface area contributed by atoms with Gasteiger partial charge in [0.1, 0.15) is 0 Å². The molecule has 4 nitrogen and oxygen atoms in total. The van der Waals surface area contributed by atoms with E-state index in [2.05, 4.69) is 30.2 Å². The molecule has 1 heterocycles. The van der Waals surface area contributed by atoms with E-state index < -0.39 is 0 Å². The van der Waals surface area contributed by atoms with Gasteiger partial charge in [-0.05, 0) is 56.1 Å². The smallest absolute Gasteiger partial charge is 0.183 e. The largest absolute Gasteiger partial charge is 0.489 e. The number of benzene rings is 1. The van der Waals surface area contributed by atoms with Gasteiger partial charge in [0.05, 0.1) is 18.5 Å². The van der Waals surface area contributed by atoms with Crippen LogP contribution in [0.3, 0.4) is 0 Å². The predicted molar refractivity (Wildman–Crippen MR) is 97.7 cm³/mol. The fraction of sp³-hybridized carbons (Fsp3) is 0.524. The van der Waals surface area contributed by atoms with Gasteiger partial charge in [0.2, 0.25) is 0 Å². The van der Waals surface area contributed by atoms with Gasteiger partial charge in [-0.25, -0.2) is 4.68 Å². The van der Waals surface area contributed by atoms with Crippen molar-refractivity contribution in [3.63, 3.8) is 0 Å². The molecule has 0 unspecified atom stereocenters. The van der Waals surface area contributed by atoms with Gasteiger partial charge in [-0.1, -0.05) is 30.5 Å². The minimum atomic E-state index is -0.0425. The maximum atomic E-state index is 12.0. The SMILES string of the molecule is CC(=O)c1nn(-c2ccc(C)cc2C2CCCC2)cc1OCC1CC1. The zero-order valence-electron chi connectivity index (χ0n) is 15.1. The summed E-state index contributed by atoms with van der Waals surface area (Å²) in [5.74, 6) is 1.82. The molecule has 1 aromatic carbocycles. The van der Waals surface area contributed by atoms with Crippen molar-refractivity contribution < 1.29 is 9.53 Å². The predicted octanol–water partition coefficient (Wildman–Crippen LogP) is 4.83. The highest BCUT2D eigenvalue weighted by atomic mass is 16.5. The number of hydrogen-bond acceptors (Lipinski definition) is 3. The quantitative estimate of drug-likeness (QED) is 0.709. The van der Waals surface area contributed by atoms with E-state index in [1.807, 2.05) is 10.9 Å². The van der Waals surface area contributed by atoms with Crippen LogP contribution >= 0.6 is 0 Å². The molecule has 1 aromatic heterocycles. The molecular formula is C21H26N2O2. The second-order valence-corrected chi connectivity index (χ2v) is 7.64. The second kappa shape index (κ2) is 6.66. The first-order chi connectivity index (χ1) is 12.1. The molecule has 2 aliphatic carbocycles. The van der Waals surface area contributed by atoms with Crippen LogP contribution in [0, 0.1) is 12.8 Å². The van der Waals surface area contributed by atoms with Crippen molar-refractivity contribution in [2.45, 2.75) is 58.3 Å². The highest BCUT2D eigenvalue weighted by Crippen LogP contribution is 2.38. The van der Waals surface area contributed by atoms with Crippen LogP contribution < -0.4 is 4.74 Å². The van der Waals surface area contributed by atoms with Gasteiger partial charge in [0, 0.05) is 6.92 Å². The number of ketones is 1. The molecule has 4 heteroatoms. The lowest BCUT2D eigenvalue weighted by Crippen LogP contribution is -2.05. The van der Waals surface area contributed by atoms with Crippen molar-refractivity contribution >= 4 is 5.78 Å². The summed E-state index contributed by atoms with van der Waals surface area (Å²) in [6.45, 7) is 4.38. The van der Waals surface area contributed by atoms with Crippen molar-refractivity contribution in [2.75, 3.05) is 6.61 Å². The zero-order chi connectivity index (χ0) is 17.4. The van der Waals surface area contributed by atoms with Crippen molar-refractivity contribution in [3.05, 3.63) is 41.2 Å². The molecule has 132 valence electrons. The minimum absolute atomic E-state index is 0.0425. The number of Topliss-reactive ketones (excluding diaryl/α,β-unsaturated/α-hetero) is 1. The molecule has 0 amide bonds. The van der Waals surface area contributed by atoms with Crippen molar-refractivity contribution in [1.29, 1.82) is 0 Å². The number of aromatic nitrogens is 2. The van der Waals surface area contributed by atoms with E-state index in [4.69, 9.17) is 4.74 Å². The summed E-state index contributed by atoms with van der Waals surface area (Å²) in [4.78, 5) is 12.0. The molecule has 0 bridgehead atoms. The zero-order valence-corrected chi connectivity index (χ0v) is 15.1. The molecule has 0 saturated heterocycles. The summed E-state index contributed by atoms with van der Waals surface area (Å²) < 4.78 is 7.76. The van der Waals surface area contributed by atoms with Crippen LogP contribution in [0.2, 0.25) is 0 Å². The summed E-state index contributed by atoms with van der Waals surface area (Å²) in [6, 6.07) is 6.53. The minimum Gasteiger partial charge on any atom is -0.489 e. The van der Waals surface area contributed by atoms with Crippen molar-refractivity contribution in [2.24, 2.45) is 5.92 Å². The van der Waals surface area contributed by atoms with Crippen LogP contribution in [0.1, 0.15) is 73.0 Å². The second-order valence-electron chi connectivity index (χ2n) is 7.64. The third-order valence-corrected chi connectivity index (χ3v) is 5.41. The molecule has 0 radical (unpaired) electrons. The number of rotatable bonds is 6. The average Bonchev–Trinajstić information content (AvgIpc) is 3.10. The maximum absolute atomic E-state index is 12.0. The lowest BCUT2D eigenvalue weighted by atomic mass is 9.94. The van der Waals surface area contributed by atoms with E-state index in [9.17, 15) is 4.79 Å². The van der Waals surface area contributed by atoms with Gasteiger partial charge in [0.25, 0.3) is 0 Å². The molecule has 25 heavy (non-hydrogen) atoms. The summed E-state index contributed by atoms with van der Waals surface area (Å²) >= 11 is 0. The van der Waals surface area contributed by atoms with Gasteiger partial charge < -0.3 is 4.74 Å². The summed E-state index contributed by atoms with van der Waals surface area (Å²) in [6.07, 6.45) is 9.42. The number of aryl methyl sites for hydroxylation is 1. The van der Waals surface area contributed by atoms with Gasteiger partial charge >= 0.3 is 0 Å². The summed E-state index contributed by atoms with van der Waals surface area (Å²) in [5.41, 5.74) is 4.15. The Balaban J connectivity index is 1.71. The number of carbonyl (C=O) groups is 1. The van der Waals surface area contributed by atoms with Crippen LogP contribution in [0.4, 0.5) is 0 Å². The lowest BCUT2D eigenvalue weighted by Gasteiger charge is -2.16. The van der Waals surface area contributed by atoms with E-state index in [1.165, 1.54) is 49.7 Å². The van der Waals surface area contributed by atoms with E-state index in [0.717, 1.165) is 5.69 Å². The fourth-order valence-corrected chi connectivity index (χ4v) is 3.77. The molecule has 2 saturated carbocycles. The Bertz CT molecular complexity index is 783. The highest BCUT2D eigenvalue weighted by Gasteiger charge is 2.25. The third-order valence-electron chi connectivity index (χ3n) is 5.41. The van der Waals surface area contributed by atoms with E-state index in [-0.39, 0.29) is 5.78 Å². The van der Waals surface area contributed by atoms with Gasteiger partial charge in [0.15, 0.2) is 17.2 Å². The van der Waals surface area contributed by atoms with Crippen LogP contribution in [-0.2, 0) is 0 Å². The molecule has 0 spiro atoms.